The zero-order valence-corrected chi connectivity index (χ0v) is 77.1. The van der Waals surface area contributed by atoms with E-state index >= 15 is 0 Å². The Hall–Kier alpha value is -9.35. The smallest absolute Gasteiger partial charge is 0.198 e. The minimum atomic E-state index is -2.50. The predicted molar refractivity (Wildman–Crippen MR) is 518 cm³/mol. The lowest BCUT2D eigenvalue weighted by molar-refractivity contribution is 0.469. The van der Waals surface area contributed by atoms with Gasteiger partial charge in [0.2, 0.25) is 0 Å². The van der Waals surface area contributed by atoms with Gasteiger partial charge in [-0.3, -0.25) is 0 Å². The first-order valence-corrected chi connectivity index (χ1v) is 58.2. The van der Waals surface area contributed by atoms with Gasteiger partial charge in [0, 0.05) is 0 Å². The molecular weight excluding hydrogens is 1530 g/mol. The Balaban J connectivity index is 0.577. The highest BCUT2D eigenvalue weighted by molar-refractivity contribution is 6.89. The molecule has 8 aliphatic carbocycles. The number of aryl methyl sites for hydroxylation is 6. The molecule has 0 heterocycles. The zero-order valence-electron chi connectivity index (χ0n) is 73.1. The van der Waals surface area contributed by atoms with E-state index in [-0.39, 0.29) is 0 Å². The number of rotatable bonds is 20. The minimum Gasteiger partial charge on any atom is -0.452 e. The standard InChI is InChI=1S/C115H122O2Si4/c1-77-30-36-91-67-106(84-24-16-11-17-25-84)111(72-101(91)58-77)96-50-46-93-69-110(108(74-103(93)64-96)86-28-20-13-21-29-86)98-52-48-95-71-113(100-53-45-88-59-79(34-38-90(88)63-100)32-31-78-22-14-10-15-23-78)115(76-105(95)66-98)121(8,9)117-119(4,5)57-55-81-35-39-92-68-109(107(73-102(92)61-81)85-26-18-12-19-27-85)97-51-47-94-70-112(99-49-42-83-41-44-89(83)62-99)114(75-104(94)65-97)120(6,7)116-118(2,3)56-54-80-33-37-82-40-43-87(82)60-80/h10-33,35-37,39,42,45-58,60-66,79,106-115H,34,38,40-41,43-44,59,67-76H2,1-9H3. The summed E-state index contributed by atoms with van der Waals surface area (Å²) in [4.78, 5) is 0. The maximum atomic E-state index is 8.10. The lowest BCUT2D eigenvalue weighted by Crippen LogP contribution is -2.49. The van der Waals surface area contributed by atoms with Crippen LogP contribution in [0.4, 0.5) is 0 Å². The van der Waals surface area contributed by atoms with E-state index in [0.29, 0.717) is 64.3 Å². The van der Waals surface area contributed by atoms with Crippen molar-refractivity contribution in [1.29, 1.82) is 0 Å². The van der Waals surface area contributed by atoms with Crippen molar-refractivity contribution < 1.29 is 8.23 Å². The number of hydrogen-bond donors (Lipinski definition) is 0. The molecule has 12 aromatic rings. The summed E-state index contributed by atoms with van der Waals surface area (Å²) in [6.45, 7) is 22.5. The molecule has 0 aliphatic heterocycles. The first-order valence-electron chi connectivity index (χ1n) is 46.2. The molecule has 0 fully saturated rings. The van der Waals surface area contributed by atoms with Crippen LogP contribution >= 0.6 is 0 Å². The van der Waals surface area contributed by atoms with Gasteiger partial charge in [-0.15, -0.1) is 0 Å². The number of fused-ring (bicyclic) bond motifs is 8. The van der Waals surface area contributed by atoms with Crippen LogP contribution in [0.2, 0.25) is 63.5 Å². The Kier molecular flexibility index (Phi) is 21.9. The molecule has 20 rings (SSSR count). The molecular formula is C115H122O2Si4. The zero-order chi connectivity index (χ0) is 82.3. The normalized spacial score (nSPS) is 23.1. The molecule has 11 atom stereocenters. The van der Waals surface area contributed by atoms with Gasteiger partial charge >= 0.3 is 0 Å². The van der Waals surface area contributed by atoms with Crippen LogP contribution in [0.15, 0.2) is 284 Å². The molecule has 0 bridgehead atoms. The molecule has 610 valence electrons. The Labute approximate surface area is 727 Å². The Morgan fingerprint density at radius 1 is 0.240 bits per heavy atom. The summed E-state index contributed by atoms with van der Waals surface area (Å²) in [5.74, 6) is 3.67. The summed E-state index contributed by atoms with van der Waals surface area (Å²) in [7, 11) is -9.46. The quantitative estimate of drug-likeness (QED) is 0.0708. The van der Waals surface area contributed by atoms with Gasteiger partial charge in [-0.25, -0.2) is 0 Å². The number of allylic oxidation sites excluding steroid dienone is 1. The Bertz CT molecular complexity index is 5950. The topological polar surface area (TPSA) is 18.5 Å². The van der Waals surface area contributed by atoms with Crippen LogP contribution in [-0.2, 0) is 111 Å². The molecule has 0 saturated heterocycles. The summed E-state index contributed by atoms with van der Waals surface area (Å²) in [5, 5.41) is 0. The second-order valence-corrected chi connectivity index (χ2v) is 57.0. The Morgan fingerprint density at radius 2 is 0.545 bits per heavy atom. The largest absolute Gasteiger partial charge is 0.452 e. The van der Waals surface area contributed by atoms with Crippen LogP contribution in [0.5, 0.6) is 0 Å². The third-order valence-electron chi connectivity index (χ3n) is 30.8. The molecule has 0 radical (unpaired) electrons. The van der Waals surface area contributed by atoms with E-state index in [0.717, 1.165) is 77.0 Å². The van der Waals surface area contributed by atoms with E-state index in [1.54, 1.807) is 33.4 Å². The van der Waals surface area contributed by atoms with Crippen LogP contribution in [0.1, 0.15) is 210 Å². The van der Waals surface area contributed by atoms with Crippen molar-refractivity contribution in [3.05, 3.63) is 440 Å². The van der Waals surface area contributed by atoms with Crippen LogP contribution in [0, 0.1) is 12.8 Å². The third-order valence-corrected chi connectivity index (χ3v) is 45.9. The molecule has 8 aliphatic rings. The molecule has 0 N–H and O–H groups in total. The van der Waals surface area contributed by atoms with Crippen molar-refractivity contribution in [3.63, 3.8) is 0 Å². The van der Waals surface area contributed by atoms with Crippen molar-refractivity contribution in [3.8, 4) is 0 Å². The highest BCUT2D eigenvalue weighted by Crippen LogP contribution is 2.55. The summed E-state index contributed by atoms with van der Waals surface area (Å²) in [5.41, 5.74) is 47.6. The van der Waals surface area contributed by atoms with Gasteiger partial charge in [0.25, 0.3) is 0 Å². The molecule has 0 spiro atoms. The molecule has 6 heteroatoms. The van der Waals surface area contributed by atoms with Crippen LogP contribution in [0.3, 0.4) is 0 Å². The SMILES string of the molecule is Cc1ccc2c(c1)CC(c1ccc3c(c1)CC(c1ccccc1)C(c1ccc4c(c1)CC([Si](C)(C)O[Si](C)(C)C=Cc1ccc5c(c1)CC(c1ccccc1)C(c1ccc6c(c1)CC([Si](C)(C)O[Si](C)(C)C=Cc1ccc7c(c1)CC7)C(c1ccc7c(c1)CC7)C6)C5)C(c1ccc5c(c1)CCC(C=Cc1ccccc1)C5)C4)C3)C(c1ccccc1)C2. The third kappa shape index (κ3) is 16.8. The van der Waals surface area contributed by atoms with Gasteiger partial charge < -0.3 is 8.23 Å². The highest BCUT2D eigenvalue weighted by Gasteiger charge is 2.49. The van der Waals surface area contributed by atoms with Crippen LogP contribution in [-0.4, -0.2) is 33.3 Å². The summed E-state index contributed by atoms with van der Waals surface area (Å²) in [6, 6.07) is 106. The van der Waals surface area contributed by atoms with E-state index < -0.39 is 33.3 Å². The van der Waals surface area contributed by atoms with E-state index in [1.807, 2.05) is 0 Å². The van der Waals surface area contributed by atoms with E-state index in [9.17, 15) is 0 Å². The predicted octanol–water partition coefficient (Wildman–Crippen LogP) is 27.9. The molecule has 0 aromatic heterocycles. The second kappa shape index (κ2) is 33.0. The van der Waals surface area contributed by atoms with E-state index in [1.165, 1.54) is 155 Å². The minimum absolute atomic E-state index is 0.359. The van der Waals surface area contributed by atoms with Crippen molar-refractivity contribution in [2.24, 2.45) is 5.92 Å². The lowest BCUT2D eigenvalue weighted by Gasteiger charge is -2.45. The Morgan fingerprint density at radius 3 is 0.967 bits per heavy atom. The molecule has 12 aromatic carbocycles. The highest BCUT2D eigenvalue weighted by atomic mass is 28.4. The van der Waals surface area contributed by atoms with E-state index in [2.05, 4.69) is 362 Å². The van der Waals surface area contributed by atoms with Gasteiger partial charge in [0.1, 0.15) is 0 Å². The summed E-state index contributed by atoms with van der Waals surface area (Å²) >= 11 is 0. The van der Waals surface area contributed by atoms with Crippen molar-refractivity contribution in [2.45, 2.75) is 227 Å². The first kappa shape index (κ1) is 80.1. The van der Waals surface area contributed by atoms with Gasteiger partial charge in [0.15, 0.2) is 33.3 Å². The van der Waals surface area contributed by atoms with Gasteiger partial charge in [-0.1, -0.05) is 308 Å². The fourth-order valence-corrected chi connectivity index (χ4v) is 41.9. The maximum absolute atomic E-state index is 8.10. The number of benzene rings is 12. The molecule has 0 amide bonds. The van der Waals surface area contributed by atoms with Crippen molar-refractivity contribution >= 4 is 51.5 Å². The van der Waals surface area contributed by atoms with Crippen LogP contribution in [0.25, 0.3) is 18.2 Å². The first-order chi connectivity index (χ1) is 58.7. The fourth-order valence-electron chi connectivity index (χ4n) is 24.2. The van der Waals surface area contributed by atoms with Crippen molar-refractivity contribution in [2.75, 3.05) is 0 Å². The fraction of sp³-hybridized carbons (Fsp3) is 0.322. The number of hydrogen-bond acceptors (Lipinski definition) is 2. The van der Waals surface area contributed by atoms with Gasteiger partial charge in [-0.2, -0.15) is 0 Å². The molecule has 2 nitrogen and oxygen atoms in total. The summed E-state index contributed by atoms with van der Waals surface area (Å²) in [6.07, 6.45) is 28.5. The van der Waals surface area contributed by atoms with Gasteiger partial charge in [-0.05, 0) is 383 Å². The second-order valence-electron chi connectivity index (χ2n) is 40.4. The average Bonchev–Trinajstić information content (AvgIpc) is 0.755. The van der Waals surface area contributed by atoms with Crippen molar-refractivity contribution in [1.82, 2.24) is 0 Å². The molecule has 0 saturated carbocycles. The summed E-state index contributed by atoms with van der Waals surface area (Å²) < 4.78 is 15.8. The molecule has 121 heavy (non-hydrogen) atoms. The molecule has 11 unspecified atom stereocenters. The van der Waals surface area contributed by atoms with Crippen LogP contribution < -0.4 is 0 Å². The lowest BCUT2D eigenvalue weighted by atomic mass is 9.67. The van der Waals surface area contributed by atoms with Gasteiger partial charge in [0.05, 0.1) is 0 Å². The van der Waals surface area contributed by atoms with E-state index in [4.69, 9.17) is 8.23 Å². The monoisotopic (exact) mass is 1650 g/mol. The maximum Gasteiger partial charge on any atom is 0.198 e. The average molecular weight is 1650 g/mol.